The average Bonchev–Trinajstić information content (AvgIpc) is 3.22. The lowest BCUT2D eigenvalue weighted by Crippen LogP contribution is -2.13. The summed E-state index contributed by atoms with van der Waals surface area (Å²) in [7, 11) is 1.61. The lowest BCUT2D eigenvalue weighted by molar-refractivity contribution is 0.102. The molecule has 0 aliphatic carbocycles. The van der Waals surface area contributed by atoms with E-state index < -0.39 is 0 Å². The van der Waals surface area contributed by atoms with Crippen molar-refractivity contribution in [1.29, 1.82) is 0 Å². The minimum atomic E-state index is -0.277. The summed E-state index contributed by atoms with van der Waals surface area (Å²) < 4.78 is 7.03. The number of methoxy groups -OCH3 is 1. The van der Waals surface area contributed by atoms with E-state index in [1.54, 1.807) is 30.3 Å². The number of nitrogens with one attached hydrogen (secondary N) is 1. The van der Waals surface area contributed by atoms with Crippen molar-refractivity contribution in [2.75, 3.05) is 12.4 Å². The third-order valence-electron chi connectivity index (χ3n) is 4.48. The Kier molecular flexibility index (Phi) is 5.07. The quantitative estimate of drug-likeness (QED) is 0.550. The van der Waals surface area contributed by atoms with Crippen LogP contribution < -0.4 is 10.1 Å². The van der Waals surface area contributed by atoms with Crippen LogP contribution in [0.3, 0.4) is 0 Å². The summed E-state index contributed by atoms with van der Waals surface area (Å²) in [5, 5.41) is 7.54. The summed E-state index contributed by atoms with van der Waals surface area (Å²) in [6.07, 6.45) is 3.44. The molecular weight excluding hydrogens is 364 g/mol. The maximum atomic E-state index is 13.1. The number of carbonyl (C=O) groups excluding carboxylic acids is 1. The maximum Gasteiger partial charge on any atom is 0.260 e. The number of aromatic nitrogens is 3. The topological polar surface area (TPSA) is 69.0 Å². The fraction of sp³-hybridized carbons (Fsp3) is 0.0870. The van der Waals surface area contributed by atoms with E-state index in [-0.39, 0.29) is 5.91 Å². The molecule has 2 aromatic carbocycles. The van der Waals surface area contributed by atoms with Gasteiger partial charge in [-0.05, 0) is 42.8 Å². The predicted octanol–water partition coefficient (Wildman–Crippen LogP) is 4.50. The van der Waals surface area contributed by atoms with E-state index in [1.807, 2.05) is 67.6 Å². The van der Waals surface area contributed by atoms with Crippen molar-refractivity contribution < 1.29 is 9.53 Å². The zero-order valence-corrected chi connectivity index (χ0v) is 16.2. The molecule has 0 fully saturated rings. The second-order valence-electron chi connectivity index (χ2n) is 6.58. The number of anilines is 1. The van der Waals surface area contributed by atoms with Crippen LogP contribution in [-0.4, -0.2) is 27.8 Å². The van der Waals surface area contributed by atoms with Crippen LogP contribution in [0, 0.1) is 6.92 Å². The highest BCUT2D eigenvalue weighted by atomic mass is 16.5. The second-order valence-corrected chi connectivity index (χ2v) is 6.58. The summed E-state index contributed by atoms with van der Waals surface area (Å²) in [4.78, 5) is 17.3. The summed E-state index contributed by atoms with van der Waals surface area (Å²) in [5.41, 5.74) is 3.70. The summed E-state index contributed by atoms with van der Waals surface area (Å²) >= 11 is 0. The van der Waals surface area contributed by atoms with Gasteiger partial charge >= 0.3 is 0 Å². The van der Waals surface area contributed by atoms with Crippen LogP contribution >= 0.6 is 0 Å². The maximum absolute atomic E-state index is 13.1. The first kappa shape index (κ1) is 18.4. The van der Waals surface area contributed by atoms with Crippen molar-refractivity contribution >= 4 is 11.7 Å². The van der Waals surface area contributed by atoms with Gasteiger partial charge < -0.3 is 10.1 Å². The van der Waals surface area contributed by atoms with Gasteiger partial charge in [0.15, 0.2) is 0 Å². The minimum Gasteiger partial charge on any atom is -0.497 e. The van der Waals surface area contributed by atoms with Crippen molar-refractivity contribution in [3.63, 3.8) is 0 Å². The van der Waals surface area contributed by atoms with E-state index in [4.69, 9.17) is 4.74 Å². The minimum absolute atomic E-state index is 0.277. The molecule has 1 N–H and O–H groups in total. The van der Waals surface area contributed by atoms with Crippen LogP contribution in [0.5, 0.6) is 5.75 Å². The number of carbonyl (C=O) groups is 1. The number of ether oxygens (including phenoxy) is 1. The van der Waals surface area contributed by atoms with Crippen molar-refractivity contribution in [2.24, 2.45) is 0 Å². The van der Waals surface area contributed by atoms with Gasteiger partial charge in [-0.3, -0.25) is 4.79 Å². The molecule has 4 aromatic rings. The number of aryl methyl sites for hydroxylation is 1. The standard InChI is InChI=1S/C23H20N4O2/c1-16-11-12-21(24-14-16)25-23(28)20-15-27(18-8-4-3-5-9-18)26-22(20)17-7-6-10-19(13-17)29-2/h3-15H,1-2H3,(H,24,25,28). The van der Waals surface area contributed by atoms with Gasteiger partial charge in [-0.2, -0.15) is 5.10 Å². The van der Waals surface area contributed by atoms with Gasteiger partial charge in [0.05, 0.1) is 18.4 Å². The summed E-state index contributed by atoms with van der Waals surface area (Å²) in [5.74, 6) is 0.911. The molecule has 0 saturated heterocycles. The number of para-hydroxylation sites is 1. The molecule has 4 rings (SSSR count). The zero-order chi connectivity index (χ0) is 20.2. The molecule has 2 aromatic heterocycles. The molecule has 2 heterocycles. The smallest absolute Gasteiger partial charge is 0.260 e. The Hall–Kier alpha value is -3.93. The van der Waals surface area contributed by atoms with Gasteiger partial charge in [-0.1, -0.05) is 36.4 Å². The first-order valence-electron chi connectivity index (χ1n) is 9.17. The van der Waals surface area contributed by atoms with Crippen molar-refractivity contribution in [3.8, 4) is 22.7 Å². The fourth-order valence-corrected chi connectivity index (χ4v) is 2.96. The van der Waals surface area contributed by atoms with Gasteiger partial charge in [0.25, 0.3) is 5.91 Å². The SMILES string of the molecule is COc1cccc(-c2nn(-c3ccccc3)cc2C(=O)Nc2ccc(C)cn2)c1. The molecule has 6 heteroatoms. The average molecular weight is 384 g/mol. The van der Waals surface area contributed by atoms with Crippen molar-refractivity contribution in [1.82, 2.24) is 14.8 Å². The van der Waals surface area contributed by atoms with Crippen LogP contribution in [0.25, 0.3) is 16.9 Å². The Balaban J connectivity index is 1.77. The number of hydrogen-bond acceptors (Lipinski definition) is 4. The molecule has 0 bridgehead atoms. The molecule has 0 unspecified atom stereocenters. The monoisotopic (exact) mass is 384 g/mol. The van der Waals surface area contributed by atoms with Crippen molar-refractivity contribution in [3.05, 3.63) is 90.3 Å². The largest absolute Gasteiger partial charge is 0.497 e. The summed E-state index contributed by atoms with van der Waals surface area (Å²) in [6.45, 7) is 1.95. The van der Waals surface area contributed by atoms with E-state index >= 15 is 0 Å². The molecule has 0 atom stereocenters. The van der Waals surface area contributed by atoms with Crippen molar-refractivity contribution in [2.45, 2.75) is 6.92 Å². The van der Waals surface area contributed by atoms with Crippen LogP contribution in [0.4, 0.5) is 5.82 Å². The number of benzene rings is 2. The Bertz CT molecular complexity index is 1140. The van der Waals surface area contributed by atoms with Gasteiger partial charge in [-0.15, -0.1) is 0 Å². The van der Waals surface area contributed by atoms with Gasteiger partial charge in [-0.25, -0.2) is 9.67 Å². The molecule has 0 aliphatic heterocycles. The van der Waals surface area contributed by atoms with Gasteiger partial charge in [0.2, 0.25) is 0 Å². The number of rotatable bonds is 5. The second kappa shape index (κ2) is 7.98. The molecule has 0 saturated carbocycles. The van der Waals surface area contributed by atoms with Crippen LogP contribution in [0.15, 0.2) is 79.1 Å². The highest BCUT2D eigenvalue weighted by molar-refractivity contribution is 6.07. The Morgan fingerprint density at radius 3 is 2.59 bits per heavy atom. The molecule has 1 amide bonds. The summed E-state index contributed by atoms with van der Waals surface area (Å²) in [6, 6.07) is 20.8. The molecule has 0 aliphatic rings. The fourth-order valence-electron chi connectivity index (χ4n) is 2.96. The lowest BCUT2D eigenvalue weighted by Gasteiger charge is -2.06. The Morgan fingerprint density at radius 1 is 1.03 bits per heavy atom. The van der Waals surface area contributed by atoms with Crippen LogP contribution in [-0.2, 0) is 0 Å². The first-order valence-corrected chi connectivity index (χ1v) is 9.17. The third kappa shape index (κ3) is 4.01. The van der Waals surface area contributed by atoms with E-state index in [0.29, 0.717) is 22.8 Å². The van der Waals surface area contributed by atoms with E-state index in [1.165, 1.54) is 0 Å². The third-order valence-corrected chi connectivity index (χ3v) is 4.48. The Morgan fingerprint density at radius 2 is 1.86 bits per heavy atom. The highest BCUT2D eigenvalue weighted by Crippen LogP contribution is 2.27. The lowest BCUT2D eigenvalue weighted by atomic mass is 10.1. The van der Waals surface area contributed by atoms with E-state index in [0.717, 1.165) is 16.8 Å². The number of amides is 1. The van der Waals surface area contributed by atoms with Crippen LogP contribution in [0.2, 0.25) is 0 Å². The Labute approximate surface area is 168 Å². The highest BCUT2D eigenvalue weighted by Gasteiger charge is 2.19. The van der Waals surface area contributed by atoms with E-state index in [9.17, 15) is 4.79 Å². The van der Waals surface area contributed by atoms with Gasteiger partial charge in [0.1, 0.15) is 17.3 Å². The molecule has 0 spiro atoms. The number of pyridine rings is 1. The number of hydrogen-bond donors (Lipinski definition) is 1. The molecule has 0 radical (unpaired) electrons. The van der Waals surface area contributed by atoms with Crippen LogP contribution in [0.1, 0.15) is 15.9 Å². The molecule has 6 nitrogen and oxygen atoms in total. The van der Waals surface area contributed by atoms with E-state index in [2.05, 4.69) is 15.4 Å². The molecule has 29 heavy (non-hydrogen) atoms. The zero-order valence-electron chi connectivity index (χ0n) is 16.2. The number of nitrogens with zero attached hydrogens (tertiary/aromatic N) is 3. The first-order chi connectivity index (χ1) is 14.1. The normalized spacial score (nSPS) is 10.6. The van der Waals surface area contributed by atoms with Gasteiger partial charge in [0, 0.05) is 18.0 Å². The molecule has 144 valence electrons. The predicted molar refractivity (Wildman–Crippen MR) is 112 cm³/mol. The molecular formula is C23H20N4O2.